The second-order valence-electron chi connectivity index (χ2n) is 4.97. The van der Waals surface area contributed by atoms with Gasteiger partial charge >= 0.3 is 0 Å². The number of carbonyl (C=O) groups excluding carboxylic acids is 1. The Kier molecular flexibility index (Phi) is 9.65. The molecule has 0 saturated carbocycles. The molecule has 1 aliphatic rings. The van der Waals surface area contributed by atoms with Crippen LogP contribution in [0.2, 0.25) is 0 Å². The Bertz CT molecular complexity index is 204. The van der Waals surface area contributed by atoms with Gasteiger partial charge < -0.3 is 14.4 Å². The van der Waals surface area contributed by atoms with Crippen LogP contribution in [0.5, 0.6) is 0 Å². The molecule has 0 unspecified atom stereocenters. The topological polar surface area (TPSA) is 40.1 Å². The molecule has 1 rings (SSSR count). The number of thioether (sulfide) groups is 1. The number of nitrogens with zero attached hydrogens (tertiary/aromatic N) is 1. The summed E-state index contributed by atoms with van der Waals surface area (Å²) in [4.78, 5) is 9.63. The van der Waals surface area contributed by atoms with Gasteiger partial charge in [-0.25, -0.2) is 0 Å². The van der Waals surface area contributed by atoms with Gasteiger partial charge in [-0.05, 0) is 24.9 Å². The van der Waals surface area contributed by atoms with Crippen LogP contribution in [0.15, 0.2) is 0 Å². The first-order chi connectivity index (χ1) is 8.04. The Hall–Kier alpha value is -0.220. The number of hydrogen-bond donors (Lipinski definition) is 0. The summed E-state index contributed by atoms with van der Waals surface area (Å²) in [6, 6.07) is 0. The van der Waals surface area contributed by atoms with E-state index in [1.807, 2.05) is 6.26 Å². The zero-order chi connectivity index (χ0) is 13.1. The van der Waals surface area contributed by atoms with Crippen LogP contribution in [-0.4, -0.2) is 49.1 Å². The van der Waals surface area contributed by atoms with Crippen molar-refractivity contribution in [1.82, 2.24) is 0 Å². The van der Waals surface area contributed by atoms with E-state index in [4.69, 9.17) is 0 Å². The van der Waals surface area contributed by atoms with Gasteiger partial charge in [0.1, 0.15) is 0 Å². The Morgan fingerprint density at radius 1 is 1.35 bits per heavy atom. The minimum Gasteiger partial charge on any atom is -0.550 e. The van der Waals surface area contributed by atoms with Gasteiger partial charge in [0.05, 0.1) is 26.7 Å². The quantitative estimate of drug-likeness (QED) is 0.681. The van der Waals surface area contributed by atoms with Gasteiger partial charge in [0, 0.05) is 18.8 Å². The third kappa shape index (κ3) is 9.48. The minimum atomic E-state index is -0.964. The van der Waals surface area contributed by atoms with E-state index in [0.717, 1.165) is 0 Å². The highest BCUT2D eigenvalue weighted by Crippen LogP contribution is 2.16. The summed E-state index contributed by atoms with van der Waals surface area (Å²) in [6.07, 6.45) is 7.72. The lowest BCUT2D eigenvalue weighted by Gasteiger charge is -2.28. The van der Waals surface area contributed by atoms with Crippen LogP contribution >= 0.6 is 11.8 Å². The van der Waals surface area contributed by atoms with Crippen LogP contribution in [-0.2, 0) is 4.79 Å². The van der Waals surface area contributed by atoms with Gasteiger partial charge in [-0.2, -0.15) is 11.8 Å². The predicted molar refractivity (Wildman–Crippen MR) is 72.9 cm³/mol. The van der Waals surface area contributed by atoms with Gasteiger partial charge in [-0.1, -0.05) is 13.3 Å². The number of hydrogen-bond acceptors (Lipinski definition) is 3. The molecule has 1 heterocycles. The van der Waals surface area contributed by atoms with Crippen molar-refractivity contribution in [2.75, 3.05) is 38.7 Å². The summed E-state index contributed by atoms with van der Waals surface area (Å²) in [5.41, 5.74) is 0. The molecule has 1 aliphatic heterocycles. The highest BCUT2D eigenvalue weighted by atomic mass is 32.2. The lowest BCUT2D eigenvalue weighted by Crippen LogP contribution is -2.41. The fourth-order valence-corrected chi connectivity index (χ4v) is 2.42. The number of unbranched alkanes of at least 4 members (excludes halogenated alkanes) is 1. The molecule has 0 aliphatic carbocycles. The molecule has 0 N–H and O–H groups in total. The van der Waals surface area contributed by atoms with Crippen LogP contribution < -0.4 is 5.11 Å². The summed E-state index contributed by atoms with van der Waals surface area (Å²) < 4.78 is 1.36. The molecule has 0 amide bonds. The van der Waals surface area contributed by atoms with Crippen molar-refractivity contribution in [1.29, 1.82) is 0 Å². The third-order valence-electron chi connectivity index (χ3n) is 3.21. The van der Waals surface area contributed by atoms with Crippen molar-refractivity contribution in [2.45, 2.75) is 39.0 Å². The molecule has 0 aromatic rings. The summed E-state index contributed by atoms with van der Waals surface area (Å²) in [7, 11) is 2.41. The molecule has 0 spiro atoms. The Labute approximate surface area is 110 Å². The lowest BCUT2D eigenvalue weighted by atomic mass is 10.3. The van der Waals surface area contributed by atoms with Gasteiger partial charge in [0.15, 0.2) is 0 Å². The van der Waals surface area contributed by atoms with Crippen LogP contribution in [0.25, 0.3) is 0 Å². The average Bonchev–Trinajstić information content (AvgIpc) is 2.72. The first-order valence-electron chi connectivity index (χ1n) is 6.56. The van der Waals surface area contributed by atoms with E-state index in [1.54, 1.807) is 0 Å². The zero-order valence-electron chi connectivity index (χ0n) is 11.5. The van der Waals surface area contributed by atoms with Crippen molar-refractivity contribution in [3.05, 3.63) is 0 Å². The van der Waals surface area contributed by atoms with Gasteiger partial charge in [-0.3, -0.25) is 0 Å². The third-order valence-corrected chi connectivity index (χ3v) is 3.82. The number of rotatable bonds is 6. The molecule has 0 radical (unpaired) electrons. The molecule has 0 aromatic heterocycles. The number of carbonyl (C=O) groups is 1. The van der Waals surface area contributed by atoms with Crippen molar-refractivity contribution >= 4 is 17.7 Å². The molecule has 1 saturated heterocycles. The van der Waals surface area contributed by atoms with Crippen LogP contribution in [0, 0.1) is 0 Å². The SMILES string of the molecule is CCCC[N+]1(C)CCCC1.CSCCC(=O)[O-]. The molecule has 0 atom stereocenters. The molecule has 0 bridgehead atoms. The monoisotopic (exact) mass is 261 g/mol. The molecule has 102 valence electrons. The van der Waals surface area contributed by atoms with Crippen LogP contribution in [0.1, 0.15) is 39.0 Å². The van der Waals surface area contributed by atoms with E-state index >= 15 is 0 Å². The second kappa shape index (κ2) is 9.77. The number of aliphatic carboxylic acids is 1. The fraction of sp³-hybridized carbons (Fsp3) is 0.923. The summed E-state index contributed by atoms with van der Waals surface area (Å²) in [5.74, 6) is -0.308. The number of likely N-dealkylation sites (tertiary alicyclic amines) is 1. The normalized spacial score (nSPS) is 17.4. The maximum atomic E-state index is 9.63. The van der Waals surface area contributed by atoms with Gasteiger partial charge in [-0.15, -0.1) is 0 Å². The van der Waals surface area contributed by atoms with E-state index < -0.39 is 5.97 Å². The summed E-state index contributed by atoms with van der Waals surface area (Å²) in [6.45, 7) is 6.55. The maximum absolute atomic E-state index is 9.63. The molecule has 17 heavy (non-hydrogen) atoms. The average molecular weight is 261 g/mol. The first-order valence-corrected chi connectivity index (χ1v) is 7.96. The second-order valence-corrected chi connectivity index (χ2v) is 5.95. The Morgan fingerprint density at radius 2 is 1.94 bits per heavy atom. The first kappa shape index (κ1) is 16.8. The number of quaternary nitrogens is 1. The maximum Gasteiger partial charge on any atom is 0.0786 e. The van der Waals surface area contributed by atoms with E-state index in [-0.39, 0.29) is 6.42 Å². The van der Waals surface area contributed by atoms with Crippen molar-refractivity contribution in [3.63, 3.8) is 0 Å². The number of carboxylic acids is 1. The smallest absolute Gasteiger partial charge is 0.0786 e. The molecule has 3 nitrogen and oxygen atoms in total. The zero-order valence-corrected chi connectivity index (χ0v) is 12.4. The highest BCUT2D eigenvalue weighted by Gasteiger charge is 2.25. The Balaban J connectivity index is 0.000000325. The van der Waals surface area contributed by atoms with E-state index in [2.05, 4.69) is 14.0 Å². The molecule has 1 fully saturated rings. The molecule has 0 aromatic carbocycles. The van der Waals surface area contributed by atoms with Gasteiger partial charge in [0.2, 0.25) is 0 Å². The lowest BCUT2D eigenvalue weighted by molar-refractivity contribution is -0.897. The van der Waals surface area contributed by atoms with E-state index in [9.17, 15) is 9.90 Å². The molecular formula is C13H27NO2S. The predicted octanol–water partition coefficient (Wildman–Crippen LogP) is 1.52. The summed E-state index contributed by atoms with van der Waals surface area (Å²) in [5, 5.41) is 9.63. The number of carboxylic acid groups (broad SMARTS) is 1. The largest absolute Gasteiger partial charge is 0.550 e. The van der Waals surface area contributed by atoms with Gasteiger partial charge in [0.25, 0.3) is 0 Å². The Morgan fingerprint density at radius 3 is 2.29 bits per heavy atom. The standard InChI is InChI=1S/C9H20N.C4H8O2S/c1-3-4-7-10(2)8-5-6-9-10;1-7-3-2-4(5)6/h3-9H2,1-2H3;2-3H2,1H3,(H,5,6)/q+1;/p-1. The van der Waals surface area contributed by atoms with E-state index in [1.165, 1.54) is 61.6 Å². The van der Waals surface area contributed by atoms with Crippen LogP contribution in [0.4, 0.5) is 0 Å². The van der Waals surface area contributed by atoms with E-state index in [0.29, 0.717) is 5.75 Å². The van der Waals surface area contributed by atoms with Crippen LogP contribution in [0.3, 0.4) is 0 Å². The van der Waals surface area contributed by atoms with Crippen molar-refractivity contribution < 1.29 is 14.4 Å². The molecular weight excluding hydrogens is 234 g/mol. The van der Waals surface area contributed by atoms with Crippen molar-refractivity contribution in [3.8, 4) is 0 Å². The highest BCUT2D eigenvalue weighted by molar-refractivity contribution is 7.98. The summed E-state index contributed by atoms with van der Waals surface area (Å²) >= 11 is 1.51. The fourth-order valence-electron chi connectivity index (χ4n) is 2.05. The molecule has 4 heteroatoms. The van der Waals surface area contributed by atoms with Crippen molar-refractivity contribution in [2.24, 2.45) is 0 Å². The minimum absolute atomic E-state index is 0.168.